The van der Waals surface area contributed by atoms with Gasteiger partial charge < -0.3 is 9.84 Å². The molecule has 2 rings (SSSR count). The monoisotopic (exact) mass is 246 g/mol. The second-order valence-electron chi connectivity index (χ2n) is 3.74. The second-order valence-corrected chi connectivity index (χ2v) is 3.74. The van der Waals surface area contributed by atoms with E-state index >= 15 is 0 Å². The first-order chi connectivity index (χ1) is 8.61. The van der Waals surface area contributed by atoms with E-state index < -0.39 is 11.8 Å². The average Bonchev–Trinajstić information content (AvgIpc) is 2.41. The number of hydrogen-bond donors (Lipinski definition) is 1. The topological polar surface area (TPSA) is 46.5 Å². The van der Waals surface area contributed by atoms with Gasteiger partial charge in [0.2, 0.25) is 0 Å². The number of phenolic OH excluding ortho intramolecular Hbond substituents is 1. The SMILES string of the molecule is COC(=O)c1ccc(-c2ccc(O)c(F)c2)cc1. The molecule has 0 unspecified atom stereocenters. The lowest BCUT2D eigenvalue weighted by Gasteiger charge is -2.04. The van der Waals surface area contributed by atoms with E-state index in [-0.39, 0.29) is 5.75 Å². The minimum atomic E-state index is -0.676. The number of phenols is 1. The molecule has 0 bridgehead atoms. The molecule has 0 radical (unpaired) electrons. The molecule has 0 heterocycles. The molecule has 0 amide bonds. The largest absolute Gasteiger partial charge is 0.505 e. The number of esters is 1. The maximum Gasteiger partial charge on any atom is 0.337 e. The normalized spacial score (nSPS) is 10.1. The molecule has 92 valence electrons. The number of halogens is 1. The summed E-state index contributed by atoms with van der Waals surface area (Å²) in [5.41, 5.74) is 1.81. The third-order valence-electron chi connectivity index (χ3n) is 2.59. The minimum Gasteiger partial charge on any atom is -0.505 e. The van der Waals surface area contributed by atoms with Crippen molar-refractivity contribution >= 4 is 5.97 Å². The fourth-order valence-electron chi connectivity index (χ4n) is 1.60. The predicted octanol–water partition coefficient (Wildman–Crippen LogP) is 2.98. The lowest BCUT2D eigenvalue weighted by Crippen LogP contribution is -2.00. The van der Waals surface area contributed by atoms with E-state index in [1.807, 2.05) is 0 Å². The summed E-state index contributed by atoms with van der Waals surface area (Å²) in [4.78, 5) is 11.2. The number of benzene rings is 2. The van der Waals surface area contributed by atoms with Gasteiger partial charge in [0.25, 0.3) is 0 Å². The lowest BCUT2D eigenvalue weighted by molar-refractivity contribution is 0.0601. The smallest absolute Gasteiger partial charge is 0.337 e. The quantitative estimate of drug-likeness (QED) is 0.828. The van der Waals surface area contributed by atoms with E-state index in [2.05, 4.69) is 4.74 Å². The Bertz CT molecular complexity index is 576. The molecule has 0 fully saturated rings. The van der Waals surface area contributed by atoms with Gasteiger partial charge in [-0.25, -0.2) is 9.18 Å². The maximum absolute atomic E-state index is 13.2. The van der Waals surface area contributed by atoms with Crippen LogP contribution in [0.4, 0.5) is 4.39 Å². The van der Waals surface area contributed by atoms with Crippen LogP contribution < -0.4 is 0 Å². The lowest BCUT2D eigenvalue weighted by atomic mass is 10.0. The number of carbonyl (C=O) groups is 1. The molecular formula is C14H11FO3. The molecule has 2 aromatic carbocycles. The van der Waals surface area contributed by atoms with Crippen molar-refractivity contribution in [3.8, 4) is 16.9 Å². The van der Waals surface area contributed by atoms with Gasteiger partial charge >= 0.3 is 5.97 Å². The molecule has 2 aromatic rings. The summed E-state index contributed by atoms with van der Waals surface area (Å²) < 4.78 is 17.8. The van der Waals surface area contributed by atoms with Crippen LogP contribution in [0.3, 0.4) is 0 Å². The second kappa shape index (κ2) is 4.87. The van der Waals surface area contributed by atoms with Crippen LogP contribution in [-0.4, -0.2) is 18.2 Å². The van der Waals surface area contributed by atoms with E-state index in [0.29, 0.717) is 11.1 Å². The van der Waals surface area contributed by atoms with Crippen LogP contribution in [0.5, 0.6) is 5.75 Å². The number of rotatable bonds is 2. The molecule has 18 heavy (non-hydrogen) atoms. The van der Waals surface area contributed by atoms with Crippen molar-refractivity contribution in [3.63, 3.8) is 0 Å². The van der Waals surface area contributed by atoms with Gasteiger partial charge in [0.1, 0.15) is 0 Å². The number of methoxy groups -OCH3 is 1. The Hall–Kier alpha value is -2.36. The summed E-state index contributed by atoms with van der Waals surface area (Å²) in [6.07, 6.45) is 0. The van der Waals surface area contributed by atoms with Gasteiger partial charge in [0.15, 0.2) is 11.6 Å². The molecule has 4 heteroatoms. The highest BCUT2D eigenvalue weighted by Gasteiger charge is 2.07. The van der Waals surface area contributed by atoms with Gasteiger partial charge in [-0.15, -0.1) is 0 Å². The molecule has 0 aliphatic carbocycles. The zero-order valence-electron chi connectivity index (χ0n) is 9.68. The van der Waals surface area contributed by atoms with Crippen LogP contribution in [0.25, 0.3) is 11.1 Å². The highest BCUT2D eigenvalue weighted by atomic mass is 19.1. The van der Waals surface area contributed by atoms with Crippen molar-refractivity contribution in [2.75, 3.05) is 7.11 Å². The molecule has 1 N–H and O–H groups in total. The Balaban J connectivity index is 2.34. The van der Waals surface area contributed by atoms with E-state index in [9.17, 15) is 9.18 Å². The Morgan fingerprint density at radius 3 is 2.28 bits per heavy atom. The zero-order chi connectivity index (χ0) is 13.1. The minimum absolute atomic E-state index is 0.384. The fraction of sp³-hybridized carbons (Fsp3) is 0.0714. The van der Waals surface area contributed by atoms with Crippen molar-refractivity contribution in [2.45, 2.75) is 0 Å². The Labute approximate surface area is 103 Å². The van der Waals surface area contributed by atoms with Crippen molar-refractivity contribution in [3.05, 3.63) is 53.8 Å². The predicted molar refractivity (Wildman–Crippen MR) is 64.8 cm³/mol. The van der Waals surface area contributed by atoms with Crippen LogP contribution >= 0.6 is 0 Å². The van der Waals surface area contributed by atoms with Crippen LogP contribution in [-0.2, 0) is 4.74 Å². The number of hydrogen-bond acceptors (Lipinski definition) is 3. The summed E-state index contributed by atoms with van der Waals surface area (Å²) in [7, 11) is 1.31. The van der Waals surface area contributed by atoms with Crippen LogP contribution in [0.2, 0.25) is 0 Å². The Morgan fingerprint density at radius 2 is 1.72 bits per heavy atom. The third kappa shape index (κ3) is 2.32. The number of aromatic hydroxyl groups is 1. The van der Waals surface area contributed by atoms with Gasteiger partial charge in [-0.05, 0) is 35.4 Å². The summed E-state index contributed by atoms with van der Waals surface area (Å²) >= 11 is 0. The average molecular weight is 246 g/mol. The van der Waals surface area contributed by atoms with Crippen molar-refractivity contribution in [2.24, 2.45) is 0 Å². The van der Waals surface area contributed by atoms with E-state index in [1.54, 1.807) is 30.3 Å². The zero-order valence-corrected chi connectivity index (χ0v) is 9.68. The van der Waals surface area contributed by atoms with E-state index in [0.717, 1.165) is 5.56 Å². The molecule has 0 atom stereocenters. The Morgan fingerprint density at radius 1 is 1.11 bits per heavy atom. The number of ether oxygens (including phenoxy) is 1. The fourth-order valence-corrected chi connectivity index (χ4v) is 1.60. The molecule has 0 spiro atoms. The van der Waals surface area contributed by atoms with Crippen LogP contribution in [0.15, 0.2) is 42.5 Å². The molecule has 0 saturated carbocycles. The summed E-state index contributed by atoms with van der Waals surface area (Å²) in [5, 5.41) is 9.10. The van der Waals surface area contributed by atoms with Gasteiger partial charge in [0, 0.05) is 0 Å². The highest BCUT2D eigenvalue weighted by Crippen LogP contribution is 2.25. The van der Waals surface area contributed by atoms with Gasteiger partial charge in [0.05, 0.1) is 12.7 Å². The molecule has 3 nitrogen and oxygen atoms in total. The molecule has 0 aliphatic rings. The van der Waals surface area contributed by atoms with Crippen molar-refractivity contribution < 1.29 is 19.0 Å². The van der Waals surface area contributed by atoms with Gasteiger partial charge in [-0.3, -0.25) is 0 Å². The molecule has 0 aliphatic heterocycles. The molecule has 0 saturated heterocycles. The van der Waals surface area contributed by atoms with Crippen molar-refractivity contribution in [1.29, 1.82) is 0 Å². The van der Waals surface area contributed by atoms with Crippen LogP contribution in [0, 0.1) is 5.82 Å². The van der Waals surface area contributed by atoms with Gasteiger partial charge in [-0.1, -0.05) is 18.2 Å². The van der Waals surface area contributed by atoms with E-state index in [4.69, 9.17) is 5.11 Å². The maximum atomic E-state index is 13.2. The third-order valence-corrected chi connectivity index (χ3v) is 2.59. The van der Waals surface area contributed by atoms with Gasteiger partial charge in [-0.2, -0.15) is 0 Å². The summed E-state index contributed by atoms with van der Waals surface area (Å²) in [5.74, 6) is -1.48. The first kappa shape index (κ1) is 12.1. The van der Waals surface area contributed by atoms with E-state index in [1.165, 1.54) is 19.2 Å². The van der Waals surface area contributed by atoms with Crippen LogP contribution in [0.1, 0.15) is 10.4 Å². The Kier molecular flexibility index (Phi) is 3.28. The number of carbonyl (C=O) groups excluding carboxylic acids is 1. The first-order valence-electron chi connectivity index (χ1n) is 5.29. The summed E-state index contributed by atoms with van der Waals surface area (Å²) in [6, 6.07) is 10.7. The molecule has 0 aromatic heterocycles. The summed E-state index contributed by atoms with van der Waals surface area (Å²) in [6.45, 7) is 0. The van der Waals surface area contributed by atoms with Crippen molar-refractivity contribution in [1.82, 2.24) is 0 Å². The highest BCUT2D eigenvalue weighted by molar-refractivity contribution is 5.89. The first-order valence-corrected chi connectivity index (χ1v) is 5.29. The standard InChI is InChI=1S/C14H11FO3/c1-18-14(17)10-4-2-9(3-5-10)11-6-7-13(16)12(15)8-11/h2-8,16H,1H3. The molecular weight excluding hydrogens is 235 g/mol.